The summed E-state index contributed by atoms with van der Waals surface area (Å²) in [5, 5.41) is 8.34. The highest BCUT2D eigenvalue weighted by Crippen LogP contribution is 2.23. The predicted octanol–water partition coefficient (Wildman–Crippen LogP) is 5.85. The molecule has 0 spiro atoms. The van der Waals surface area contributed by atoms with E-state index in [9.17, 15) is 4.79 Å². The normalized spacial score (nSPS) is 15.3. The Morgan fingerprint density at radius 1 is 1.09 bits per heavy atom. The van der Waals surface area contributed by atoms with E-state index in [-0.39, 0.29) is 17.8 Å². The third-order valence-electron chi connectivity index (χ3n) is 6.04. The first-order chi connectivity index (χ1) is 17.2. The zero-order valence-electron chi connectivity index (χ0n) is 19.5. The number of amides is 1. The zero-order valence-corrected chi connectivity index (χ0v) is 20.3. The molecule has 1 fully saturated rings. The SMILES string of the molecule is O=C(c1cc(-c2ccccc2)no1)N(Cc1cccc(OCCc2ccsc2)c1)C[C@H]1CCCO1. The Morgan fingerprint density at radius 3 is 2.80 bits per heavy atom. The van der Waals surface area contributed by atoms with Crippen LogP contribution in [0.5, 0.6) is 5.75 Å². The van der Waals surface area contributed by atoms with E-state index in [1.165, 1.54) is 5.56 Å². The Morgan fingerprint density at radius 2 is 2.00 bits per heavy atom. The molecule has 1 aliphatic rings. The molecule has 0 N–H and O–H groups in total. The zero-order chi connectivity index (χ0) is 23.9. The minimum atomic E-state index is -0.195. The van der Waals surface area contributed by atoms with E-state index < -0.39 is 0 Å². The second-order valence-corrected chi connectivity index (χ2v) is 9.42. The maximum absolute atomic E-state index is 13.5. The highest BCUT2D eigenvalue weighted by atomic mass is 32.1. The van der Waals surface area contributed by atoms with Gasteiger partial charge in [-0.1, -0.05) is 47.6 Å². The van der Waals surface area contributed by atoms with Crippen LogP contribution < -0.4 is 4.74 Å². The first kappa shape index (κ1) is 23.3. The van der Waals surface area contributed by atoms with E-state index >= 15 is 0 Å². The Labute approximate surface area is 209 Å². The van der Waals surface area contributed by atoms with E-state index in [4.69, 9.17) is 14.0 Å². The Hall–Kier alpha value is -3.42. The molecule has 1 aliphatic heterocycles. The van der Waals surface area contributed by atoms with Gasteiger partial charge in [-0.05, 0) is 52.9 Å². The van der Waals surface area contributed by atoms with Crippen LogP contribution in [0.4, 0.5) is 0 Å². The molecule has 35 heavy (non-hydrogen) atoms. The summed E-state index contributed by atoms with van der Waals surface area (Å²) in [5.41, 5.74) is 3.83. The summed E-state index contributed by atoms with van der Waals surface area (Å²) in [6.07, 6.45) is 2.86. The number of ether oxygens (including phenoxy) is 2. The molecule has 1 amide bonds. The van der Waals surface area contributed by atoms with Crippen LogP contribution in [0.15, 0.2) is 82.0 Å². The fourth-order valence-electron chi connectivity index (χ4n) is 4.21. The Bertz CT molecular complexity index is 1220. The molecule has 1 saturated heterocycles. The van der Waals surface area contributed by atoms with Gasteiger partial charge in [-0.15, -0.1) is 0 Å². The summed E-state index contributed by atoms with van der Waals surface area (Å²) in [6, 6.07) is 21.5. The van der Waals surface area contributed by atoms with Gasteiger partial charge in [0, 0.05) is 37.7 Å². The van der Waals surface area contributed by atoms with Gasteiger partial charge in [-0.3, -0.25) is 4.79 Å². The number of thiophene rings is 1. The number of rotatable bonds is 10. The largest absolute Gasteiger partial charge is 0.493 e. The average molecular weight is 489 g/mol. The van der Waals surface area contributed by atoms with Gasteiger partial charge in [0.15, 0.2) is 0 Å². The maximum Gasteiger partial charge on any atom is 0.292 e. The van der Waals surface area contributed by atoms with Crippen molar-refractivity contribution < 1.29 is 18.8 Å². The van der Waals surface area contributed by atoms with E-state index in [2.05, 4.69) is 22.0 Å². The molecule has 0 radical (unpaired) electrons. The van der Waals surface area contributed by atoms with Crippen molar-refractivity contribution in [1.82, 2.24) is 10.1 Å². The number of benzene rings is 2. The fourth-order valence-corrected chi connectivity index (χ4v) is 4.91. The van der Waals surface area contributed by atoms with Gasteiger partial charge in [0.2, 0.25) is 5.76 Å². The summed E-state index contributed by atoms with van der Waals surface area (Å²) >= 11 is 1.69. The van der Waals surface area contributed by atoms with Crippen LogP contribution >= 0.6 is 11.3 Å². The molecule has 7 heteroatoms. The average Bonchev–Trinajstić information content (AvgIpc) is 3.67. The van der Waals surface area contributed by atoms with E-state index in [0.29, 0.717) is 25.4 Å². The van der Waals surface area contributed by atoms with Crippen molar-refractivity contribution in [2.24, 2.45) is 0 Å². The van der Waals surface area contributed by atoms with Crippen LogP contribution in [-0.2, 0) is 17.7 Å². The topological polar surface area (TPSA) is 64.8 Å². The summed E-state index contributed by atoms with van der Waals surface area (Å²) in [7, 11) is 0. The molecular weight excluding hydrogens is 460 g/mol. The minimum absolute atomic E-state index is 0.0282. The third-order valence-corrected chi connectivity index (χ3v) is 6.77. The van der Waals surface area contributed by atoms with Gasteiger partial charge in [0.1, 0.15) is 11.4 Å². The Kier molecular flexibility index (Phi) is 7.56. The molecule has 5 rings (SSSR count). The van der Waals surface area contributed by atoms with Crippen LogP contribution in [0.2, 0.25) is 0 Å². The smallest absolute Gasteiger partial charge is 0.292 e. The molecule has 0 aliphatic carbocycles. The molecule has 6 nitrogen and oxygen atoms in total. The summed E-state index contributed by atoms with van der Waals surface area (Å²) in [5.74, 6) is 0.831. The molecule has 0 bridgehead atoms. The van der Waals surface area contributed by atoms with Crippen LogP contribution in [0, 0.1) is 0 Å². The second-order valence-electron chi connectivity index (χ2n) is 8.64. The lowest BCUT2D eigenvalue weighted by Crippen LogP contribution is -2.36. The van der Waals surface area contributed by atoms with Gasteiger partial charge in [-0.25, -0.2) is 0 Å². The summed E-state index contributed by atoms with van der Waals surface area (Å²) in [6.45, 7) is 2.28. The number of carbonyl (C=O) groups excluding carboxylic acids is 1. The van der Waals surface area contributed by atoms with Crippen LogP contribution in [0.3, 0.4) is 0 Å². The van der Waals surface area contributed by atoms with Crippen molar-refractivity contribution in [2.75, 3.05) is 19.8 Å². The molecule has 2 aromatic carbocycles. The van der Waals surface area contributed by atoms with Gasteiger partial charge in [-0.2, -0.15) is 11.3 Å². The predicted molar refractivity (Wildman–Crippen MR) is 136 cm³/mol. The maximum atomic E-state index is 13.5. The molecule has 180 valence electrons. The lowest BCUT2D eigenvalue weighted by molar-refractivity contribution is 0.0477. The molecule has 3 heterocycles. The van der Waals surface area contributed by atoms with E-state index in [0.717, 1.165) is 42.7 Å². The van der Waals surface area contributed by atoms with Crippen LogP contribution in [0.25, 0.3) is 11.3 Å². The van der Waals surface area contributed by atoms with Gasteiger partial charge in [0.05, 0.1) is 12.7 Å². The lowest BCUT2D eigenvalue weighted by Gasteiger charge is -2.24. The standard InChI is InChI=1S/C28H28N2O4S/c31-28(27-17-26(29-34-27)23-7-2-1-3-8-23)30(19-25-10-5-13-32-25)18-22-6-4-9-24(16-22)33-14-11-21-12-15-35-20-21/h1-4,6-9,12,15-17,20,25H,5,10-11,13-14,18-19H2/t25-/m1/s1. The molecule has 0 unspecified atom stereocenters. The Balaban J connectivity index is 1.29. The van der Waals surface area contributed by atoms with Crippen molar-refractivity contribution in [2.45, 2.75) is 31.9 Å². The molecular formula is C28H28N2O4S. The lowest BCUT2D eigenvalue weighted by atomic mass is 10.1. The highest BCUT2D eigenvalue weighted by molar-refractivity contribution is 7.07. The number of hydrogen-bond donors (Lipinski definition) is 0. The summed E-state index contributed by atoms with van der Waals surface area (Å²) < 4.78 is 17.3. The van der Waals surface area contributed by atoms with Gasteiger partial charge < -0.3 is 18.9 Å². The molecule has 1 atom stereocenters. The third kappa shape index (κ3) is 6.18. The van der Waals surface area contributed by atoms with Crippen LogP contribution in [-0.4, -0.2) is 41.8 Å². The first-order valence-corrected chi connectivity index (χ1v) is 12.8. The van der Waals surface area contributed by atoms with Crippen molar-refractivity contribution in [3.8, 4) is 17.0 Å². The number of aromatic nitrogens is 1. The van der Waals surface area contributed by atoms with E-state index in [1.807, 2.05) is 54.6 Å². The second kappa shape index (κ2) is 11.3. The number of nitrogens with zero attached hydrogens (tertiary/aromatic N) is 2. The van der Waals surface area contributed by atoms with Crippen molar-refractivity contribution >= 4 is 17.2 Å². The van der Waals surface area contributed by atoms with Crippen molar-refractivity contribution in [1.29, 1.82) is 0 Å². The van der Waals surface area contributed by atoms with Crippen LogP contribution in [0.1, 0.15) is 34.5 Å². The van der Waals surface area contributed by atoms with Crippen molar-refractivity contribution in [3.05, 3.63) is 94.4 Å². The highest BCUT2D eigenvalue weighted by Gasteiger charge is 2.26. The van der Waals surface area contributed by atoms with E-state index in [1.54, 1.807) is 22.3 Å². The monoisotopic (exact) mass is 488 g/mol. The van der Waals surface area contributed by atoms with Crippen molar-refractivity contribution in [3.63, 3.8) is 0 Å². The molecule has 2 aromatic heterocycles. The molecule has 0 saturated carbocycles. The number of carbonyl (C=O) groups is 1. The van der Waals surface area contributed by atoms with Gasteiger partial charge in [0.25, 0.3) is 5.91 Å². The quantitative estimate of drug-likeness (QED) is 0.280. The molecule has 4 aromatic rings. The first-order valence-electron chi connectivity index (χ1n) is 11.9. The van der Waals surface area contributed by atoms with Gasteiger partial charge >= 0.3 is 0 Å². The summed E-state index contributed by atoms with van der Waals surface area (Å²) in [4.78, 5) is 15.3. The fraction of sp³-hybridized carbons (Fsp3) is 0.286. The minimum Gasteiger partial charge on any atom is -0.493 e. The number of hydrogen-bond acceptors (Lipinski definition) is 6.